The van der Waals surface area contributed by atoms with Gasteiger partial charge in [-0.15, -0.1) is 0 Å². The van der Waals surface area contributed by atoms with Gasteiger partial charge in [-0.1, -0.05) is 54.1 Å². The normalized spacial score (nSPS) is 15.7. The molecule has 1 aliphatic heterocycles. The molecule has 3 aromatic rings. The molecule has 0 saturated heterocycles. The highest BCUT2D eigenvalue weighted by molar-refractivity contribution is 6.30. The van der Waals surface area contributed by atoms with Crippen LogP contribution in [0.3, 0.4) is 0 Å². The molecule has 0 aliphatic carbocycles. The molecular weight excluding hydrogens is 400 g/mol. The number of halogens is 1. The number of ether oxygens (including phenoxy) is 1. The Bertz CT molecular complexity index is 1080. The van der Waals surface area contributed by atoms with E-state index >= 15 is 0 Å². The van der Waals surface area contributed by atoms with Crippen LogP contribution in [0.15, 0.2) is 72.8 Å². The zero-order chi connectivity index (χ0) is 21.1. The number of hydrogen-bond donors (Lipinski definition) is 1. The van der Waals surface area contributed by atoms with Crippen molar-refractivity contribution in [2.24, 2.45) is 0 Å². The highest BCUT2D eigenvalue weighted by Gasteiger charge is 2.35. The van der Waals surface area contributed by atoms with Crippen LogP contribution in [0.2, 0.25) is 5.02 Å². The Morgan fingerprint density at radius 2 is 1.83 bits per heavy atom. The molecule has 1 aliphatic rings. The highest BCUT2D eigenvalue weighted by Crippen LogP contribution is 2.38. The lowest BCUT2D eigenvalue weighted by Crippen LogP contribution is -2.39. The van der Waals surface area contributed by atoms with Gasteiger partial charge in [0.25, 0.3) is 5.91 Å². The van der Waals surface area contributed by atoms with Gasteiger partial charge in [-0.05, 0) is 42.8 Å². The van der Waals surface area contributed by atoms with E-state index in [2.05, 4.69) is 5.32 Å². The van der Waals surface area contributed by atoms with Crippen LogP contribution in [-0.4, -0.2) is 29.9 Å². The number of rotatable bonds is 4. The molecule has 3 aromatic carbocycles. The van der Waals surface area contributed by atoms with Crippen LogP contribution in [0.1, 0.15) is 34.5 Å². The lowest BCUT2D eigenvalue weighted by Gasteiger charge is -2.31. The molecule has 6 heteroatoms. The molecular formula is C24H21ClN2O3. The van der Waals surface area contributed by atoms with E-state index in [1.807, 2.05) is 43.3 Å². The SMILES string of the molecule is CCOc1ccccc1C(=O)N1CC(=O)Nc2ccc(Cl)cc2C1c1ccccc1. The molecule has 5 nitrogen and oxygen atoms in total. The maximum Gasteiger partial charge on any atom is 0.258 e. The molecule has 0 fully saturated rings. The lowest BCUT2D eigenvalue weighted by molar-refractivity contribution is -0.117. The van der Waals surface area contributed by atoms with Gasteiger partial charge in [0, 0.05) is 16.3 Å². The summed E-state index contributed by atoms with van der Waals surface area (Å²) >= 11 is 6.29. The Morgan fingerprint density at radius 3 is 2.60 bits per heavy atom. The number of carbonyl (C=O) groups is 2. The van der Waals surface area contributed by atoms with E-state index in [9.17, 15) is 9.59 Å². The molecule has 1 unspecified atom stereocenters. The van der Waals surface area contributed by atoms with Crippen molar-refractivity contribution in [1.82, 2.24) is 4.90 Å². The minimum atomic E-state index is -0.485. The maximum absolute atomic E-state index is 13.7. The van der Waals surface area contributed by atoms with Crippen LogP contribution < -0.4 is 10.1 Å². The second-order valence-electron chi connectivity index (χ2n) is 6.96. The average Bonchev–Trinajstić information content (AvgIpc) is 2.90. The van der Waals surface area contributed by atoms with Gasteiger partial charge < -0.3 is 15.0 Å². The number of carbonyl (C=O) groups excluding carboxylic acids is 2. The maximum atomic E-state index is 13.7. The van der Waals surface area contributed by atoms with Crippen LogP contribution in [-0.2, 0) is 4.79 Å². The fourth-order valence-corrected chi connectivity index (χ4v) is 3.92. The highest BCUT2D eigenvalue weighted by atomic mass is 35.5. The molecule has 30 heavy (non-hydrogen) atoms. The van der Waals surface area contributed by atoms with E-state index in [1.165, 1.54) is 0 Å². The molecule has 0 saturated carbocycles. The molecule has 0 aromatic heterocycles. The molecule has 152 valence electrons. The van der Waals surface area contributed by atoms with Crippen LogP contribution >= 0.6 is 11.6 Å². The van der Waals surface area contributed by atoms with Crippen molar-refractivity contribution < 1.29 is 14.3 Å². The van der Waals surface area contributed by atoms with Crippen LogP contribution in [0.4, 0.5) is 5.69 Å². The minimum Gasteiger partial charge on any atom is -0.493 e. The molecule has 0 bridgehead atoms. The van der Waals surface area contributed by atoms with Crippen LogP contribution in [0.25, 0.3) is 0 Å². The Hall–Kier alpha value is -3.31. The number of hydrogen-bond acceptors (Lipinski definition) is 3. The summed E-state index contributed by atoms with van der Waals surface area (Å²) in [4.78, 5) is 28.0. The van der Waals surface area contributed by atoms with E-state index in [0.717, 1.165) is 11.1 Å². The first-order chi connectivity index (χ1) is 14.6. The average molecular weight is 421 g/mol. The number of fused-ring (bicyclic) bond motifs is 1. The molecule has 0 radical (unpaired) electrons. The number of amides is 2. The van der Waals surface area contributed by atoms with Crippen molar-refractivity contribution in [2.45, 2.75) is 13.0 Å². The van der Waals surface area contributed by atoms with Crippen molar-refractivity contribution in [2.75, 3.05) is 18.5 Å². The zero-order valence-corrected chi connectivity index (χ0v) is 17.2. The molecule has 1 N–H and O–H groups in total. The summed E-state index contributed by atoms with van der Waals surface area (Å²) < 4.78 is 5.67. The summed E-state index contributed by atoms with van der Waals surface area (Å²) in [6.45, 7) is 2.21. The first kappa shape index (κ1) is 20.0. The van der Waals surface area contributed by atoms with Crippen molar-refractivity contribution in [3.8, 4) is 5.75 Å². The molecule has 0 spiro atoms. The van der Waals surface area contributed by atoms with Crippen molar-refractivity contribution in [3.63, 3.8) is 0 Å². The van der Waals surface area contributed by atoms with Gasteiger partial charge in [-0.3, -0.25) is 9.59 Å². The van der Waals surface area contributed by atoms with Gasteiger partial charge in [0.15, 0.2) is 0 Å². The van der Waals surface area contributed by atoms with Crippen molar-refractivity contribution >= 4 is 29.1 Å². The standard InChI is InChI=1S/C24H21ClN2O3/c1-2-30-21-11-7-6-10-18(21)24(29)27-15-22(28)26-20-13-12-17(25)14-19(20)23(27)16-8-4-3-5-9-16/h3-14,23H,2,15H2,1H3,(H,26,28). The predicted octanol–water partition coefficient (Wildman–Crippen LogP) is 4.92. The Morgan fingerprint density at radius 1 is 1.10 bits per heavy atom. The monoisotopic (exact) mass is 420 g/mol. The summed E-state index contributed by atoms with van der Waals surface area (Å²) in [5.41, 5.74) is 2.71. The summed E-state index contributed by atoms with van der Waals surface area (Å²) in [5.74, 6) is -0.0529. The summed E-state index contributed by atoms with van der Waals surface area (Å²) in [6, 6.07) is 21.5. The third-order valence-corrected chi connectivity index (χ3v) is 5.24. The Balaban J connectivity index is 1.88. The largest absolute Gasteiger partial charge is 0.493 e. The summed E-state index contributed by atoms with van der Waals surface area (Å²) in [5, 5.41) is 3.44. The predicted molar refractivity (Wildman–Crippen MR) is 117 cm³/mol. The first-order valence-electron chi connectivity index (χ1n) is 9.75. The lowest BCUT2D eigenvalue weighted by atomic mass is 9.95. The topological polar surface area (TPSA) is 58.6 Å². The number of para-hydroxylation sites is 1. The minimum absolute atomic E-state index is 0.0921. The van der Waals surface area contributed by atoms with Gasteiger partial charge in [0.05, 0.1) is 18.2 Å². The Kier molecular flexibility index (Phi) is 5.72. The van der Waals surface area contributed by atoms with E-state index in [0.29, 0.717) is 28.6 Å². The van der Waals surface area contributed by atoms with Gasteiger partial charge in [0.1, 0.15) is 12.3 Å². The number of benzene rings is 3. The quantitative estimate of drug-likeness (QED) is 0.651. The zero-order valence-electron chi connectivity index (χ0n) is 16.5. The molecule has 1 atom stereocenters. The smallest absolute Gasteiger partial charge is 0.258 e. The van der Waals surface area contributed by atoms with Crippen molar-refractivity contribution in [1.29, 1.82) is 0 Å². The first-order valence-corrected chi connectivity index (χ1v) is 10.1. The third-order valence-electron chi connectivity index (χ3n) is 5.00. The van der Waals surface area contributed by atoms with E-state index in [1.54, 1.807) is 41.3 Å². The van der Waals surface area contributed by atoms with Gasteiger partial charge in [-0.25, -0.2) is 0 Å². The van der Waals surface area contributed by atoms with Crippen molar-refractivity contribution in [3.05, 3.63) is 94.5 Å². The molecule has 1 heterocycles. The molecule has 2 amide bonds. The number of anilines is 1. The van der Waals surface area contributed by atoms with Crippen LogP contribution in [0, 0.1) is 0 Å². The second-order valence-corrected chi connectivity index (χ2v) is 7.39. The summed E-state index contributed by atoms with van der Waals surface area (Å²) in [6.07, 6.45) is 0. The number of nitrogens with one attached hydrogen (secondary N) is 1. The Labute approximate surface area is 180 Å². The van der Waals surface area contributed by atoms with Gasteiger partial charge >= 0.3 is 0 Å². The van der Waals surface area contributed by atoms with Gasteiger partial charge in [-0.2, -0.15) is 0 Å². The summed E-state index contributed by atoms with van der Waals surface area (Å²) in [7, 11) is 0. The third kappa shape index (κ3) is 3.89. The second kappa shape index (κ2) is 8.59. The number of nitrogens with zero attached hydrogens (tertiary/aromatic N) is 1. The fourth-order valence-electron chi connectivity index (χ4n) is 3.74. The van der Waals surface area contributed by atoms with E-state index in [-0.39, 0.29) is 18.4 Å². The van der Waals surface area contributed by atoms with E-state index < -0.39 is 6.04 Å². The fraction of sp³-hybridized carbons (Fsp3) is 0.167. The molecule has 4 rings (SSSR count). The van der Waals surface area contributed by atoms with Gasteiger partial charge in [0.2, 0.25) is 5.91 Å². The van der Waals surface area contributed by atoms with Crippen LogP contribution in [0.5, 0.6) is 5.75 Å². The van der Waals surface area contributed by atoms with E-state index in [4.69, 9.17) is 16.3 Å².